The highest BCUT2D eigenvalue weighted by Crippen LogP contribution is 2.66. The van der Waals surface area contributed by atoms with Gasteiger partial charge in [-0.05, 0) is 80.3 Å². The molecule has 2 bridgehead atoms. The molecule has 1 saturated heterocycles. The Kier molecular flexibility index (Phi) is 5.35. The predicted molar refractivity (Wildman–Crippen MR) is 137 cm³/mol. The number of phenolic OH excluding ortho intramolecular Hbond substituents is 1. The van der Waals surface area contributed by atoms with E-state index in [-0.39, 0.29) is 18.2 Å². The third kappa shape index (κ3) is 3.34. The summed E-state index contributed by atoms with van der Waals surface area (Å²) in [6.45, 7) is 1.81. The van der Waals surface area contributed by atoms with Crippen LogP contribution in [0.5, 0.6) is 11.5 Å². The second-order valence-electron chi connectivity index (χ2n) is 11.6. The zero-order valence-corrected chi connectivity index (χ0v) is 21.9. The van der Waals surface area contributed by atoms with Crippen LogP contribution in [0.2, 0.25) is 10.0 Å². The van der Waals surface area contributed by atoms with Crippen LogP contribution in [0, 0.1) is 5.92 Å². The average molecular weight is 545 g/mol. The SMILES string of the molecule is O=C(Cc1ccc(Cl)c(Cl)c1)N(O)[C@@H]1CC[C@@]2(O)[C@H]3Cc4ccc(O)c5c4[C@@]2(CCN3CC2CC2)[C@H]1O5. The minimum absolute atomic E-state index is 0.0362. The Morgan fingerprint density at radius 2 is 1.95 bits per heavy atom. The molecule has 0 radical (unpaired) electrons. The fourth-order valence-corrected chi connectivity index (χ4v) is 8.12. The lowest BCUT2D eigenvalue weighted by molar-refractivity contribution is -0.232. The largest absolute Gasteiger partial charge is 0.504 e. The van der Waals surface area contributed by atoms with Crippen LogP contribution in [0.25, 0.3) is 0 Å². The van der Waals surface area contributed by atoms with Crippen molar-refractivity contribution in [2.45, 2.75) is 74.1 Å². The Morgan fingerprint density at radius 3 is 2.70 bits per heavy atom. The molecule has 9 heteroatoms. The molecule has 3 aliphatic carbocycles. The van der Waals surface area contributed by atoms with E-state index in [2.05, 4.69) is 4.90 Å². The highest BCUT2D eigenvalue weighted by Gasteiger charge is 2.73. The standard InChI is InChI=1S/C28H30Cl2N2O5/c29-18-5-3-16(11-19(18)30)12-23(34)32(36)20-7-8-28(35)22-13-17-4-6-21(33)25-24(17)27(28,26(20)37-25)9-10-31(22)14-15-1-2-15/h3-6,11,15,20,22,26,33,35-36H,1-2,7-10,12-14H2/t20-,22-,26+,27+,28-/m1/s1. The van der Waals surface area contributed by atoms with Gasteiger partial charge in [-0.15, -0.1) is 0 Å². The van der Waals surface area contributed by atoms with Gasteiger partial charge in [-0.1, -0.05) is 35.3 Å². The predicted octanol–water partition coefficient (Wildman–Crippen LogP) is 4.09. The number of nitrogens with zero attached hydrogens (tertiary/aromatic N) is 2. The number of ether oxygens (including phenoxy) is 1. The number of carbonyl (C=O) groups is 1. The van der Waals surface area contributed by atoms with Crippen LogP contribution in [0.3, 0.4) is 0 Å². The smallest absolute Gasteiger partial charge is 0.250 e. The number of likely N-dealkylation sites (tertiary alicyclic amines) is 1. The van der Waals surface area contributed by atoms with Gasteiger partial charge in [0.1, 0.15) is 6.10 Å². The number of piperidine rings is 1. The van der Waals surface area contributed by atoms with Gasteiger partial charge in [0, 0.05) is 18.2 Å². The van der Waals surface area contributed by atoms with Gasteiger partial charge < -0.3 is 14.9 Å². The number of halogens is 2. The van der Waals surface area contributed by atoms with Gasteiger partial charge in [-0.3, -0.25) is 14.9 Å². The van der Waals surface area contributed by atoms with Crippen LogP contribution in [0.15, 0.2) is 30.3 Å². The van der Waals surface area contributed by atoms with Crippen LogP contribution >= 0.6 is 23.2 Å². The highest BCUT2D eigenvalue weighted by atomic mass is 35.5. The van der Waals surface area contributed by atoms with Crippen LogP contribution in [-0.2, 0) is 23.1 Å². The molecular formula is C28H30Cl2N2O5. The molecule has 2 heterocycles. The molecule has 7 rings (SSSR count). The number of hydroxylamine groups is 2. The summed E-state index contributed by atoms with van der Waals surface area (Å²) >= 11 is 12.1. The lowest BCUT2D eigenvalue weighted by atomic mass is 9.48. The van der Waals surface area contributed by atoms with Crippen molar-refractivity contribution in [2.24, 2.45) is 5.92 Å². The molecule has 5 aliphatic rings. The average Bonchev–Trinajstić information content (AvgIpc) is 3.61. The maximum Gasteiger partial charge on any atom is 0.250 e. The summed E-state index contributed by atoms with van der Waals surface area (Å²) in [7, 11) is 0. The molecule has 1 spiro atoms. The molecule has 3 fully saturated rings. The molecule has 0 unspecified atom stereocenters. The van der Waals surface area contributed by atoms with Gasteiger partial charge in [0.2, 0.25) is 0 Å². The number of hydrogen-bond acceptors (Lipinski definition) is 6. The van der Waals surface area contributed by atoms with Crippen molar-refractivity contribution in [3.8, 4) is 11.5 Å². The number of amides is 1. The van der Waals surface area contributed by atoms with Gasteiger partial charge in [0.05, 0.1) is 33.5 Å². The first kappa shape index (κ1) is 24.0. The molecule has 196 valence electrons. The third-order valence-corrected chi connectivity index (χ3v) is 10.4. The first-order valence-corrected chi connectivity index (χ1v) is 13.9. The molecule has 37 heavy (non-hydrogen) atoms. The summed E-state index contributed by atoms with van der Waals surface area (Å²) in [5, 5.41) is 36.1. The molecule has 3 N–H and O–H groups in total. The number of aliphatic hydroxyl groups is 1. The topological polar surface area (TPSA) is 93.5 Å². The second-order valence-corrected chi connectivity index (χ2v) is 12.4. The molecule has 7 nitrogen and oxygen atoms in total. The van der Waals surface area contributed by atoms with Crippen LogP contribution < -0.4 is 4.74 Å². The lowest BCUT2D eigenvalue weighted by Crippen LogP contribution is -2.78. The van der Waals surface area contributed by atoms with Crippen molar-refractivity contribution in [1.82, 2.24) is 9.96 Å². The monoisotopic (exact) mass is 544 g/mol. The Hall–Kier alpha value is -2.03. The summed E-state index contributed by atoms with van der Waals surface area (Å²) in [4.78, 5) is 15.7. The van der Waals surface area contributed by atoms with E-state index in [1.54, 1.807) is 24.3 Å². The lowest BCUT2D eigenvalue weighted by Gasteiger charge is -2.64. The summed E-state index contributed by atoms with van der Waals surface area (Å²) in [5.41, 5.74) is 0.731. The Bertz CT molecular complexity index is 1300. The minimum atomic E-state index is -1.07. The van der Waals surface area contributed by atoms with E-state index in [4.69, 9.17) is 27.9 Å². The van der Waals surface area contributed by atoms with Gasteiger partial charge in [-0.25, -0.2) is 5.06 Å². The Balaban J connectivity index is 1.25. The first-order chi connectivity index (χ1) is 17.7. The number of rotatable bonds is 5. The highest BCUT2D eigenvalue weighted by molar-refractivity contribution is 6.42. The quantitative estimate of drug-likeness (QED) is 0.387. The summed E-state index contributed by atoms with van der Waals surface area (Å²) in [6.07, 6.45) is 3.96. The molecule has 1 amide bonds. The van der Waals surface area contributed by atoms with E-state index in [0.29, 0.717) is 53.0 Å². The normalized spacial score (nSPS) is 33.6. The van der Waals surface area contributed by atoms with Crippen molar-refractivity contribution in [2.75, 3.05) is 13.1 Å². The number of carbonyl (C=O) groups excluding carboxylic acids is 1. The van der Waals surface area contributed by atoms with E-state index in [1.807, 2.05) is 6.07 Å². The second kappa shape index (κ2) is 8.23. The molecule has 2 aliphatic heterocycles. The number of hydrogen-bond donors (Lipinski definition) is 3. The van der Waals surface area contributed by atoms with Crippen molar-refractivity contribution in [1.29, 1.82) is 0 Å². The van der Waals surface area contributed by atoms with Crippen LogP contribution in [0.4, 0.5) is 0 Å². The summed E-state index contributed by atoms with van der Waals surface area (Å²) in [6, 6.07) is 7.86. The molecule has 2 aromatic rings. The third-order valence-electron chi connectivity index (χ3n) is 9.64. The maximum absolute atomic E-state index is 13.3. The Morgan fingerprint density at radius 1 is 1.14 bits per heavy atom. The van der Waals surface area contributed by atoms with Crippen molar-refractivity contribution in [3.05, 3.63) is 57.1 Å². The first-order valence-electron chi connectivity index (χ1n) is 13.2. The number of aromatic hydroxyl groups is 1. The van der Waals surface area contributed by atoms with Crippen molar-refractivity contribution < 1.29 is 25.0 Å². The fraction of sp³-hybridized carbons (Fsp3) is 0.536. The zero-order chi connectivity index (χ0) is 25.7. The molecular weight excluding hydrogens is 515 g/mol. The van der Waals surface area contributed by atoms with E-state index < -0.39 is 29.1 Å². The van der Waals surface area contributed by atoms with Crippen LogP contribution in [0.1, 0.15) is 48.8 Å². The molecule has 2 saturated carbocycles. The van der Waals surface area contributed by atoms with Gasteiger partial charge in [0.15, 0.2) is 11.5 Å². The summed E-state index contributed by atoms with van der Waals surface area (Å²) in [5.74, 6) is 0.655. The Labute approximate surface area is 225 Å². The van der Waals surface area contributed by atoms with E-state index >= 15 is 0 Å². The zero-order valence-electron chi connectivity index (χ0n) is 20.4. The minimum Gasteiger partial charge on any atom is -0.504 e. The van der Waals surface area contributed by atoms with Crippen molar-refractivity contribution in [3.63, 3.8) is 0 Å². The molecule has 2 aromatic carbocycles. The maximum atomic E-state index is 13.3. The molecule has 0 aromatic heterocycles. The number of benzene rings is 2. The molecule has 5 atom stereocenters. The van der Waals surface area contributed by atoms with E-state index in [9.17, 15) is 20.2 Å². The van der Waals surface area contributed by atoms with Crippen molar-refractivity contribution >= 4 is 29.1 Å². The van der Waals surface area contributed by atoms with E-state index in [0.717, 1.165) is 29.3 Å². The summed E-state index contributed by atoms with van der Waals surface area (Å²) < 4.78 is 6.45. The van der Waals surface area contributed by atoms with E-state index in [1.165, 1.54) is 12.8 Å². The van der Waals surface area contributed by atoms with Gasteiger partial charge >= 0.3 is 0 Å². The fourth-order valence-electron chi connectivity index (χ4n) is 7.80. The van der Waals surface area contributed by atoms with Gasteiger partial charge in [0.25, 0.3) is 5.91 Å². The van der Waals surface area contributed by atoms with Gasteiger partial charge in [-0.2, -0.15) is 0 Å². The van der Waals surface area contributed by atoms with Crippen LogP contribution in [-0.4, -0.2) is 68.2 Å². The number of phenols is 1.